The Bertz CT molecular complexity index is 1020. The van der Waals surface area contributed by atoms with Gasteiger partial charge in [-0.3, -0.25) is 4.90 Å². The minimum Gasteiger partial charge on any atom is -0.477 e. The van der Waals surface area contributed by atoms with Crippen molar-refractivity contribution in [2.24, 2.45) is 5.92 Å². The van der Waals surface area contributed by atoms with Crippen molar-refractivity contribution in [3.05, 3.63) is 48.2 Å². The Balaban J connectivity index is 1.12. The normalized spacial score (nSPS) is 21.8. The van der Waals surface area contributed by atoms with Crippen LogP contribution in [0.3, 0.4) is 0 Å². The molecular formula is C25H33N5O2. The first-order valence-electron chi connectivity index (χ1n) is 11.8. The van der Waals surface area contributed by atoms with Crippen LogP contribution in [0.4, 0.5) is 5.82 Å². The molecule has 0 bridgehead atoms. The molecule has 2 aliphatic heterocycles. The molecule has 2 saturated heterocycles. The molecule has 7 nitrogen and oxygen atoms in total. The van der Waals surface area contributed by atoms with Gasteiger partial charge in [-0.2, -0.15) is 0 Å². The summed E-state index contributed by atoms with van der Waals surface area (Å²) in [6.45, 7) is 9.00. The number of nitrogens with zero attached hydrogens (tertiary/aromatic N) is 5. The number of hydrogen-bond donors (Lipinski definition) is 0. The smallest absolute Gasteiger partial charge is 0.213 e. The van der Waals surface area contributed by atoms with E-state index in [4.69, 9.17) is 9.26 Å². The predicted octanol–water partition coefficient (Wildman–Crippen LogP) is 3.65. The largest absolute Gasteiger partial charge is 0.477 e. The Kier molecular flexibility index (Phi) is 6.28. The van der Waals surface area contributed by atoms with Gasteiger partial charge >= 0.3 is 0 Å². The third kappa shape index (κ3) is 4.59. The summed E-state index contributed by atoms with van der Waals surface area (Å²) in [5.41, 5.74) is 2.09. The highest BCUT2D eigenvalue weighted by Gasteiger charge is 2.34. The molecule has 0 amide bonds. The van der Waals surface area contributed by atoms with E-state index in [0.717, 1.165) is 68.5 Å². The number of rotatable bonds is 7. The molecule has 0 aliphatic carbocycles. The highest BCUT2D eigenvalue weighted by molar-refractivity contribution is 5.88. The van der Waals surface area contributed by atoms with E-state index >= 15 is 0 Å². The summed E-state index contributed by atoms with van der Waals surface area (Å²) in [6, 6.07) is 12.8. The third-order valence-electron chi connectivity index (χ3n) is 6.92. The second kappa shape index (κ2) is 9.46. The quantitative estimate of drug-likeness (QED) is 0.561. The van der Waals surface area contributed by atoms with Gasteiger partial charge in [-0.05, 0) is 44.1 Å². The average molecular weight is 436 g/mol. The van der Waals surface area contributed by atoms with Gasteiger partial charge in [0.2, 0.25) is 5.88 Å². The minimum absolute atomic E-state index is 0.554. The van der Waals surface area contributed by atoms with Crippen molar-refractivity contribution in [3.63, 3.8) is 0 Å². The van der Waals surface area contributed by atoms with Crippen LogP contribution in [0.1, 0.15) is 25.3 Å². The Morgan fingerprint density at radius 3 is 2.88 bits per heavy atom. The molecule has 1 aromatic carbocycles. The standard InChI is InChI=1S/C25H33N5O2/c1-3-28(2)15-19-9-11-24(26-14-19)31-18-20-8-10-21-17-30(13-12-29(21)16-20)25-22-6-4-5-7-23(22)32-27-25/h4-7,9,11,14,20-21H,3,8,10,12-13,15-18H2,1-2H3/t20-,21-/m0/s1. The second-order valence-corrected chi connectivity index (χ2v) is 9.19. The van der Waals surface area contributed by atoms with E-state index in [1.807, 2.05) is 24.4 Å². The Morgan fingerprint density at radius 1 is 1.12 bits per heavy atom. The zero-order valence-corrected chi connectivity index (χ0v) is 19.1. The van der Waals surface area contributed by atoms with Crippen molar-refractivity contribution in [2.45, 2.75) is 32.4 Å². The Labute approximate surface area is 189 Å². The maximum Gasteiger partial charge on any atom is 0.213 e. The van der Waals surface area contributed by atoms with E-state index in [2.05, 4.69) is 57.0 Å². The summed E-state index contributed by atoms with van der Waals surface area (Å²) < 4.78 is 11.6. The fourth-order valence-corrected chi connectivity index (χ4v) is 4.90. The molecule has 0 radical (unpaired) electrons. The lowest BCUT2D eigenvalue weighted by molar-refractivity contribution is 0.0716. The van der Waals surface area contributed by atoms with E-state index in [1.54, 1.807) is 0 Å². The third-order valence-corrected chi connectivity index (χ3v) is 6.92. The first-order chi connectivity index (χ1) is 15.7. The van der Waals surface area contributed by atoms with E-state index in [9.17, 15) is 0 Å². The maximum absolute atomic E-state index is 6.06. The second-order valence-electron chi connectivity index (χ2n) is 9.19. The number of ether oxygens (including phenoxy) is 1. The number of benzene rings is 1. The van der Waals surface area contributed by atoms with Crippen LogP contribution in [-0.4, -0.2) is 72.4 Å². The monoisotopic (exact) mass is 435 g/mol. The van der Waals surface area contributed by atoms with E-state index in [0.29, 0.717) is 12.0 Å². The van der Waals surface area contributed by atoms with Gasteiger partial charge in [0.25, 0.3) is 0 Å². The number of piperidine rings is 1. The van der Waals surface area contributed by atoms with Crippen LogP contribution in [0.15, 0.2) is 47.1 Å². The molecule has 0 spiro atoms. The van der Waals surface area contributed by atoms with E-state index < -0.39 is 0 Å². The van der Waals surface area contributed by atoms with Crippen molar-refractivity contribution in [1.82, 2.24) is 19.9 Å². The average Bonchev–Trinajstić information content (AvgIpc) is 3.27. The number of hydrogen-bond acceptors (Lipinski definition) is 7. The van der Waals surface area contributed by atoms with Crippen molar-refractivity contribution >= 4 is 16.8 Å². The highest BCUT2D eigenvalue weighted by Crippen LogP contribution is 2.31. The van der Waals surface area contributed by atoms with Gasteiger partial charge in [-0.15, -0.1) is 0 Å². The number of aromatic nitrogens is 2. The molecule has 0 N–H and O–H groups in total. The molecule has 0 unspecified atom stereocenters. The lowest BCUT2D eigenvalue weighted by Crippen LogP contribution is -2.57. The summed E-state index contributed by atoms with van der Waals surface area (Å²) in [5, 5.41) is 5.48. The van der Waals surface area contributed by atoms with Crippen molar-refractivity contribution < 1.29 is 9.26 Å². The van der Waals surface area contributed by atoms with Crippen LogP contribution in [0.2, 0.25) is 0 Å². The van der Waals surface area contributed by atoms with Gasteiger partial charge in [0.15, 0.2) is 11.4 Å². The first-order valence-corrected chi connectivity index (χ1v) is 11.8. The molecule has 2 fully saturated rings. The van der Waals surface area contributed by atoms with Gasteiger partial charge in [-0.1, -0.05) is 30.3 Å². The van der Waals surface area contributed by atoms with E-state index in [1.165, 1.54) is 18.4 Å². The molecule has 2 aliphatic rings. The van der Waals surface area contributed by atoms with Crippen LogP contribution in [0.5, 0.6) is 5.88 Å². The van der Waals surface area contributed by atoms with Crippen LogP contribution >= 0.6 is 0 Å². The molecule has 2 atom stereocenters. The lowest BCUT2D eigenvalue weighted by atomic mass is 9.91. The molecular weight excluding hydrogens is 402 g/mol. The van der Waals surface area contributed by atoms with Crippen molar-refractivity contribution in [3.8, 4) is 5.88 Å². The number of piperazine rings is 1. The zero-order chi connectivity index (χ0) is 21.9. The lowest BCUT2D eigenvalue weighted by Gasteiger charge is -2.46. The van der Waals surface area contributed by atoms with E-state index in [-0.39, 0.29) is 0 Å². The van der Waals surface area contributed by atoms with Crippen molar-refractivity contribution in [2.75, 3.05) is 51.3 Å². The molecule has 0 saturated carbocycles. The highest BCUT2D eigenvalue weighted by atomic mass is 16.5. The maximum atomic E-state index is 6.06. The van der Waals surface area contributed by atoms with Gasteiger partial charge in [0.05, 0.1) is 12.0 Å². The Hall–Kier alpha value is -2.64. The fraction of sp³-hybridized carbons (Fsp3) is 0.520. The van der Waals surface area contributed by atoms with Crippen molar-refractivity contribution in [1.29, 1.82) is 0 Å². The summed E-state index contributed by atoms with van der Waals surface area (Å²) in [6.07, 6.45) is 4.31. The fourth-order valence-electron chi connectivity index (χ4n) is 4.90. The Morgan fingerprint density at radius 2 is 2.03 bits per heavy atom. The SMILES string of the molecule is CCN(C)Cc1ccc(OC[C@H]2CC[C@H]3CN(c4noc5ccccc45)CCN3C2)nc1. The number of para-hydroxylation sites is 1. The number of pyridine rings is 1. The van der Waals surface area contributed by atoms with Crippen LogP contribution in [0, 0.1) is 5.92 Å². The molecule has 4 heterocycles. The summed E-state index contributed by atoms with van der Waals surface area (Å²) in [7, 11) is 2.12. The van der Waals surface area contributed by atoms with Gasteiger partial charge < -0.3 is 19.1 Å². The molecule has 3 aromatic rings. The summed E-state index contributed by atoms with van der Waals surface area (Å²) in [4.78, 5) is 11.8. The molecule has 7 heteroatoms. The van der Waals surface area contributed by atoms with Gasteiger partial charge in [0, 0.05) is 56.9 Å². The predicted molar refractivity (Wildman–Crippen MR) is 126 cm³/mol. The van der Waals surface area contributed by atoms with Gasteiger partial charge in [-0.25, -0.2) is 4.98 Å². The minimum atomic E-state index is 0.554. The zero-order valence-electron chi connectivity index (χ0n) is 19.1. The summed E-state index contributed by atoms with van der Waals surface area (Å²) >= 11 is 0. The van der Waals surface area contributed by atoms with Gasteiger partial charge in [0.1, 0.15) is 0 Å². The van der Waals surface area contributed by atoms with Crippen LogP contribution in [0.25, 0.3) is 11.0 Å². The molecule has 5 rings (SSSR count). The van der Waals surface area contributed by atoms with Crippen LogP contribution in [-0.2, 0) is 6.54 Å². The summed E-state index contributed by atoms with van der Waals surface area (Å²) in [5.74, 6) is 2.28. The number of anilines is 1. The van der Waals surface area contributed by atoms with Crippen LogP contribution < -0.4 is 9.64 Å². The topological polar surface area (TPSA) is 57.9 Å². The molecule has 170 valence electrons. The first kappa shape index (κ1) is 21.2. The molecule has 2 aromatic heterocycles. The molecule has 32 heavy (non-hydrogen) atoms. The number of fused-ring (bicyclic) bond motifs is 2.